The van der Waals surface area contributed by atoms with E-state index >= 15 is 0 Å². The first-order valence-corrected chi connectivity index (χ1v) is 11.3. The number of ether oxygens (including phenoxy) is 4. The molecular weight excluding hydrogens is 400 g/mol. The van der Waals surface area contributed by atoms with Crippen molar-refractivity contribution >= 4 is 0 Å². The maximum absolute atomic E-state index is 6.48. The fourth-order valence-electron chi connectivity index (χ4n) is 4.17. The van der Waals surface area contributed by atoms with Crippen LogP contribution in [-0.2, 0) is 38.8 Å². The van der Waals surface area contributed by atoms with Gasteiger partial charge in [0, 0.05) is 0 Å². The number of hydrogen-bond acceptors (Lipinski definition) is 4. The second-order valence-corrected chi connectivity index (χ2v) is 8.33. The van der Waals surface area contributed by atoms with Crippen molar-refractivity contribution in [2.45, 2.75) is 64.2 Å². The third kappa shape index (κ3) is 6.05. The number of hydrogen-bond donors (Lipinski definition) is 0. The molecule has 4 nitrogen and oxygen atoms in total. The highest BCUT2D eigenvalue weighted by Gasteiger charge is 2.44. The molecule has 3 aromatic rings. The predicted molar refractivity (Wildman–Crippen MR) is 125 cm³/mol. The van der Waals surface area contributed by atoms with Crippen LogP contribution >= 0.6 is 0 Å². The van der Waals surface area contributed by atoms with Gasteiger partial charge >= 0.3 is 0 Å². The molecule has 0 saturated carbocycles. The summed E-state index contributed by atoms with van der Waals surface area (Å²) in [6.45, 7) is 5.62. The molecule has 0 aromatic heterocycles. The highest BCUT2D eigenvalue weighted by molar-refractivity contribution is 5.15. The lowest BCUT2D eigenvalue weighted by atomic mass is 9.95. The van der Waals surface area contributed by atoms with Crippen LogP contribution in [0.5, 0.6) is 0 Å². The van der Waals surface area contributed by atoms with Crippen molar-refractivity contribution in [1.82, 2.24) is 0 Å². The van der Waals surface area contributed by atoms with E-state index in [-0.39, 0.29) is 30.5 Å². The molecule has 0 amide bonds. The normalized spacial score (nSPS) is 25.5. The molecule has 1 heterocycles. The Morgan fingerprint density at radius 2 is 0.812 bits per heavy atom. The average molecular weight is 433 g/mol. The van der Waals surface area contributed by atoms with E-state index in [1.165, 1.54) is 0 Å². The van der Waals surface area contributed by atoms with Gasteiger partial charge in [-0.15, -0.1) is 0 Å². The van der Waals surface area contributed by atoms with Crippen molar-refractivity contribution in [1.29, 1.82) is 0 Å². The highest BCUT2D eigenvalue weighted by atomic mass is 16.6. The van der Waals surface area contributed by atoms with E-state index in [0.717, 1.165) is 16.7 Å². The van der Waals surface area contributed by atoms with E-state index in [1.807, 2.05) is 54.6 Å². The molecule has 0 bridgehead atoms. The summed E-state index contributed by atoms with van der Waals surface area (Å²) in [6, 6.07) is 30.6. The predicted octanol–water partition coefficient (Wildman–Crippen LogP) is 5.55. The third-order valence-corrected chi connectivity index (χ3v) is 5.86. The fourth-order valence-corrected chi connectivity index (χ4v) is 4.17. The molecule has 1 saturated heterocycles. The summed E-state index contributed by atoms with van der Waals surface area (Å²) in [4.78, 5) is 0. The molecule has 0 spiro atoms. The van der Waals surface area contributed by atoms with Crippen LogP contribution in [0.1, 0.15) is 30.5 Å². The molecule has 1 aliphatic rings. The standard InChI is InChI=1S/C28H32O4/c1-21-26(29-18-23-12-6-3-7-13-23)28(31-20-25-16-10-5-11-17-25)27(22(2)32-21)30-19-24-14-8-4-9-15-24/h3-17,21-22,26-28H,18-20H2,1-2H3. The largest absolute Gasteiger partial charge is 0.370 e. The van der Waals surface area contributed by atoms with Crippen LogP contribution < -0.4 is 0 Å². The minimum absolute atomic E-state index is 0.105. The first kappa shape index (κ1) is 22.7. The van der Waals surface area contributed by atoms with Crippen molar-refractivity contribution in [2.24, 2.45) is 0 Å². The Hall–Kier alpha value is -2.50. The molecular formula is C28H32O4. The van der Waals surface area contributed by atoms with Gasteiger partial charge in [-0.05, 0) is 30.5 Å². The first-order chi connectivity index (χ1) is 15.7. The zero-order valence-corrected chi connectivity index (χ0v) is 18.8. The van der Waals surface area contributed by atoms with Crippen molar-refractivity contribution in [2.75, 3.05) is 0 Å². The first-order valence-electron chi connectivity index (χ1n) is 11.3. The Bertz CT molecular complexity index is 860. The molecule has 32 heavy (non-hydrogen) atoms. The van der Waals surface area contributed by atoms with Crippen molar-refractivity contribution in [3.63, 3.8) is 0 Å². The van der Waals surface area contributed by atoms with Gasteiger partial charge in [-0.3, -0.25) is 0 Å². The average Bonchev–Trinajstić information content (AvgIpc) is 2.83. The van der Waals surface area contributed by atoms with Crippen LogP contribution in [0.4, 0.5) is 0 Å². The minimum atomic E-state index is -0.249. The lowest BCUT2D eigenvalue weighted by molar-refractivity contribution is -0.257. The van der Waals surface area contributed by atoms with Gasteiger partial charge in [0.1, 0.15) is 18.3 Å². The quantitative estimate of drug-likeness (QED) is 0.444. The second kappa shape index (κ2) is 11.4. The van der Waals surface area contributed by atoms with E-state index in [4.69, 9.17) is 18.9 Å². The zero-order chi connectivity index (χ0) is 22.2. The van der Waals surface area contributed by atoms with Gasteiger partial charge in [0.05, 0.1) is 32.0 Å². The van der Waals surface area contributed by atoms with Gasteiger partial charge < -0.3 is 18.9 Å². The van der Waals surface area contributed by atoms with Crippen LogP contribution in [0.25, 0.3) is 0 Å². The van der Waals surface area contributed by atoms with Crippen LogP contribution in [0.3, 0.4) is 0 Å². The van der Waals surface area contributed by atoms with Gasteiger partial charge in [-0.25, -0.2) is 0 Å². The summed E-state index contributed by atoms with van der Waals surface area (Å²) in [5, 5.41) is 0. The molecule has 4 unspecified atom stereocenters. The van der Waals surface area contributed by atoms with E-state index in [2.05, 4.69) is 50.2 Å². The number of rotatable bonds is 9. The maximum atomic E-state index is 6.48. The molecule has 1 aliphatic heterocycles. The highest BCUT2D eigenvalue weighted by Crippen LogP contribution is 2.30. The molecule has 0 radical (unpaired) electrons. The summed E-state index contributed by atoms with van der Waals surface area (Å²) in [5.74, 6) is 0. The Morgan fingerprint density at radius 3 is 1.16 bits per heavy atom. The Kier molecular flexibility index (Phi) is 8.07. The van der Waals surface area contributed by atoms with Crippen LogP contribution in [-0.4, -0.2) is 30.5 Å². The Labute approximate surface area is 191 Å². The van der Waals surface area contributed by atoms with Crippen LogP contribution in [0.15, 0.2) is 91.0 Å². The maximum Gasteiger partial charge on any atom is 0.115 e. The number of benzene rings is 3. The second-order valence-electron chi connectivity index (χ2n) is 8.33. The summed E-state index contributed by atoms with van der Waals surface area (Å²) in [6.07, 6.45) is -0.940. The van der Waals surface area contributed by atoms with Crippen molar-refractivity contribution in [3.8, 4) is 0 Å². The summed E-state index contributed by atoms with van der Waals surface area (Å²) in [7, 11) is 0. The Morgan fingerprint density at radius 1 is 0.500 bits per heavy atom. The lowest BCUT2D eigenvalue weighted by Gasteiger charge is -2.44. The summed E-state index contributed by atoms with van der Waals surface area (Å²) >= 11 is 0. The monoisotopic (exact) mass is 432 g/mol. The molecule has 0 aliphatic carbocycles. The molecule has 168 valence electrons. The van der Waals surface area contributed by atoms with Crippen LogP contribution in [0.2, 0.25) is 0 Å². The zero-order valence-electron chi connectivity index (χ0n) is 18.8. The topological polar surface area (TPSA) is 36.9 Å². The van der Waals surface area contributed by atoms with E-state index in [0.29, 0.717) is 19.8 Å². The molecule has 3 aromatic carbocycles. The lowest BCUT2D eigenvalue weighted by Crippen LogP contribution is -2.58. The summed E-state index contributed by atoms with van der Waals surface area (Å²) in [5.41, 5.74) is 3.38. The Balaban J connectivity index is 1.50. The minimum Gasteiger partial charge on any atom is -0.370 e. The smallest absolute Gasteiger partial charge is 0.115 e. The van der Waals surface area contributed by atoms with Gasteiger partial charge in [0.25, 0.3) is 0 Å². The van der Waals surface area contributed by atoms with Gasteiger partial charge in [-0.2, -0.15) is 0 Å². The summed E-state index contributed by atoms with van der Waals surface area (Å²) < 4.78 is 25.5. The van der Waals surface area contributed by atoms with Crippen LogP contribution in [0, 0.1) is 0 Å². The van der Waals surface area contributed by atoms with Crippen molar-refractivity contribution in [3.05, 3.63) is 108 Å². The van der Waals surface area contributed by atoms with E-state index in [9.17, 15) is 0 Å². The van der Waals surface area contributed by atoms with E-state index in [1.54, 1.807) is 0 Å². The van der Waals surface area contributed by atoms with Gasteiger partial charge in [0.15, 0.2) is 0 Å². The molecule has 4 atom stereocenters. The van der Waals surface area contributed by atoms with Gasteiger partial charge in [0.2, 0.25) is 0 Å². The molecule has 1 fully saturated rings. The molecule has 0 N–H and O–H groups in total. The van der Waals surface area contributed by atoms with Gasteiger partial charge in [-0.1, -0.05) is 91.0 Å². The third-order valence-electron chi connectivity index (χ3n) is 5.86. The molecule has 4 heteroatoms. The fraction of sp³-hybridized carbons (Fsp3) is 0.357. The SMILES string of the molecule is CC1OC(C)C(OCc2ccccc2)C(OCc2ccccc2)C1OCc1ccccc1. The van der Waals surface area contributed by atoms with Crippen molar-refractivity contribution < 1.29 is 18.9 Å². The molecule has 4 rings (SSSR count). The van der Waals surface area contributed by atoms with E-state index < -0.39 is 0 Å².